The molecule has 3 rings (SSSR count). The molecule has 34 heavy (non-hydrogen) atoms. The highest BCUT2D eigenvalue weighted by molar-refractivity contribution is 6.12. The van der Waals surface area contributed by atoms with Gasteiger partial charge in [0.1, 0.15) is 12.0 Å². The molecule has 1 fully saturated rings. The van der Waals surface area contributed by atoms with Crippen molar-refractivity contribution in [2.45, 2.75) is 19.0 Å². The fraction of sp³-hybridized carbons (Fsp3) is 0.375. The lowest BCUT2D eigenvalue weighted by Gasteiger charge is -2.34. The van der Waals surface area contributed by atoms with Crippen LogP contribution >= 0.6 is 0 Å². The zero-order valence-corrected chi connectivity index (χ0v) is 19.4. The molecule has 0 radical (unpaired) electrons. The molecule has 0 bridgehead atoms. The lowest BCUT2D eigenvalue weighted by molar-refractivity contribution is -0.148. The number of carbonyl (C=O) groups excluding carboxylic acids is 3. The first-order valence-electron chi connectivity index (χ1n) is 10.7. The monoisotopic (exact) mass is 468 g/mol. The molecule has 1 aromatic heterocycles. The van der Waals surface area contributed by atoms with E-state index in [4.69, 9.17) is 14.4 Å². The number of likely N-dealkylation sites (N-methyl/N-ethyl adjacent to an activating group) is 2. The predicted molar refractivity (Wildman–Crippen MR) is 122 cm³/mol. The van der Waals surface area contributed by atoms with Gasteiger partial charge in [-0.25, -0.2) is 5.48 Å². The Kier molecular flexibility index (Phi) is 8.07. The van der Waals surface area contributed by atoms with E-state index in [1.165, 1.54) is 26.5 Å². The van der Waals surface area contributed by atoms with Gasteiger partial charge in [-0.05, 0) is 37.3 Å². The summed E-state index contributed by atoms with van der Waals surface area (Å²) in [4.78, 5) is 40.6. The number of hydrogen-bond donors (Lipinski definition) is 3. The van der Waals surface area contributed by atoms with Crippen LogP contribution in [0.3, 0.4) is 0 Å². The van der Waals surface area contributed by atoms with Crippen LogP contribution in [0.1, 0.15) is 34.2 Å². The average Bonchev–Trinajstić information content (AvgIpc) is 3.33. The van der Waals surface area contributed by atoms with Crippen LogP contribution in [-0.4, -0.2) is 78.7 Å². The van der Waals surface area contributed by atoms with Crippen LogP contribution in [0.2, 0.25) is 0 Å². The van der Waals surface area contributed by atoms with Crippen LogP contribution in [-0.2, 0) is 20.9 Å². The molecule has 1 atom stereocenters. The summed E-state index contributed by atoms with van der Waals surface area (Å²) in [6.07, 6.45) is 1.61. The SMILES string of the molecule is CNC(=O)[C@@](C)(C(=O)NO)N(C)C(=O)c1ccc(C#Cc2coc(CN3CCOCC3)c2)cc1. The second-order valence-electron chi connectivity index (χ2n) is 7.97. The normalized spacial score (nSPS) is 15.4. The fourth-order valence-corrected chi connectivity index (χ4v) is 3.51. The minimum atomic E-state index is -1.95. The van der Waals surface area contributed by atoms with E-state index < -0.39 is 23.3 Å². The number of amides is 3. The van der Waals surface area contributed by atoms with Crippen molar-refractivity contribution in [3.8, 4) is 11.8 Å². The maximum Gasteiger partial charge on any atom is 0.278 e. The summed E-state index contributed by atoms with van der Waals surface area (Å²) in [5.74, 6) is 4.56. The third-order valence-electron chi connectivity index (χ3n) is 5.81. The first-order chi connectivity index (χ1) is 16.3. The van der Waals surface area contributed by atoms with E-state index in [1.807, 2.05) is 6.07 Å². The minimum absolute atomic E-state index is 0.255. The van der Waals surface area contributed by atoms with Crippen molar-refractivity contribution >= 4 is 17.7 Å². The Hall–Kier alpha value is -3.65. The molecule has 3 N–H and O–H groups in total. The van der Waals surface area contributed by atoms with Gasteiger partial charge >= 0.3 is 0 Å². The van der Waals surface area contributed by atoms with Crippen molar-refractivity contribution < 1.29 is 28.7 Å². The van der Waals surface area contributed by atoms with E-state index in [9.17, 15) is 14.4 Å². The molecule has 0 saturated carbocycles. The van der Waals surface area contributed by atoms with Gasteiger partial charge in [-0.1, -0.05) is 11.8 Å². The predicted octanol–water partition coefficient (Wildman–Crippen LogP) is 0.594. The molecule has 1 aromatic carbocycles. The van der Waals surface area contributed by atoms with E-state index in [2.05, 4.69) is 22.1 Å². The molecule has 1 aliphatic rings. The summed E-state index contributed by atoms with van der Waals surface area (Å²) in [7, 11) is 2.65. The van der Waals surface area contributed by atoms with Crippen LogP contribution in [0, 0.1) is 11.8 Å². The number of hydroxylamine groups is 1. The van der Waals surface area contributed by atoms with Crippen LogP contribution in [0.15, 0.2) is 41.0 Å². The lowest BCUT2D eigenvalue weighted by Crippen LogP contribution is -2.64. The summed E-state index contributed by atoms with van der Waals surface area (Å²) >= 11 is 0. The van der Waals surface area contributed by atoms with Crippen LogP contribution in [0.25, 0.3) is 0 Å². The highest BCUT2D eigenvalue weighted by atomic mass is 16.5. The van der Waals surface area contributed by atoms with Gasteiger partial charge in [0.25, 0.3) is 17.7 Å². The quantitative estimate of drug-likeness (QED) is 0.245. The summed E-state index contributed by atoms with van der Waals surface area (Å²) < 4.78 is 11.0. The van der Waals surface area contributed by atoms with Crippen molar-refractivity contribution in [3.63, 3.8) is 0 Å². The molecule has 1 aliphatic heterocycles. The topological polar surface area (TPSA) is 124 Å². The second kappa shape index (κ2) is 11.0. The summed E-state index contributed by atoms with van der Waals surface area (Å²) in [6, 6.07) is 8.37. The molecular weight excluding hydrogens is 440 g/mol. The molecule has 10 nitrogen and oxygen atoms in total. The van der Waals surface area contributed by atoms with Gasteiger partial charge in [-0.3, -0.25) is 24.5 Å². The molecule has 3 amide bonds. The standard InChI is InChI=1S/C24H28N4O6/c1-24(22(30)25-2,23(31)26-32)27(3)21(29)19-8-6-17(7-9-19)4-5-18-14-20(34-16-18)15-28-10-12-33-13-11-28/h6-9,14,16,32H,10-13,15H2,1-3H3,(H,25,30)(H,26,31)/t24-/m0/s1. The van der Waals surface area contributed by atoms with Crippen molar-refractivity contribution in [3.05, 3.63) is 59.0 Å². The minimum Gasteiger partial charge on any atom is -0.467 e. The Morgan fingerprint density at radius 2 is 1.76 bits per heavy atom. The van der Waals surface area contributed by atoms with Gasteiger partial charge in [0.05, 0.1) is 25.3 Å². The molecule has 0 spiro atoms. The first-order valence-corrected chi connectivity index (χ1v) is 10.7. The van der Waals surface area contributed by atoms with Gasteiger partial charge in [0.15, 0.2) is 5.54 Å². The van der Waals surface area contributed by atoms with Crippen LogP contribution in [0.4, 0.5) is 0 Å². The number of morpholine rings is 1. The molecule has 10 heteroatoms. The summed E-state index contributed by atoms with van der Waals surface area (Å²) in [5.41, 5.74) is 1.18. The number of nitrogens with zero attached hydrogens (tertiary/aromatic N) is 2. The highest BCUT2D eigenvalue weighted by Crippen LogP contribution is 2.18. The summed E-state index contributed by atoms with van der Waals surface area (Å²) in [5, 5.41) is 11.4. The number of rotatable bonds is 6. The van der Waals surface area contributed by atoms with Crippen molar-refractivity contribution in [2.75, 3.05) is 40.4 Å². The average molecular weight is 469 g/mol. The maximum atomic E-state index is 12.9. The van der Waals surface area contributed by atoms with E-state index in [-0.39, 0.29) is 5.56 Å². The Labute approximate surface area is 197 Å². The van der Waals surface area contributed by atoms with Gasteiger partial charge in [-0.2, -0.15) is 0 Å². The lowest BCUT2D eigenvalue weighted by atomic mass is 9.96. The van der Waals surface area contributed by atoms with E-state index in [0.29, 0.717) is 12.1 Å². The summed E-state index contributed by atoms with van der Waals surface area (Å²) in [6.45, 7) is 5.14. The first kappa shape index (κ1) is 25.0. The maximum absolute atomic E-state index is 12.9. The zero-order valence-electron chi connectivity index (χ0n) is 19.4. The Balaban J connectivity index is 1.68. The van der Waals surface area contributed by atoms with Crippen molar-refractivity contribution in [1.82, 2.24) is 20.6 Å². The fourth-order valence-electron chi connectivity index (χ4n) is 3.51. The van der Waals surface area contributed by atoms with E-state index >= 15 is 0 Å². The van der Waals surface area contributed by atoms with Crippen molar-refractivity contribution in [2.24, 2.45) is 0 Å². The molecular formula is C24H28N4O6. The number of furan rings is 1. The Morgan fingerprint density at radius 3 is 2.38 bits per heavy atom. The molecule has 0 unspecified atom stereocenters. The van der Waals surface area contributed by atoms with Gasteiger partial charge in [0.2, 0.25) is 0 Å². The third-order valence-corrected chi connectivity index (χ3v) is 5.81. The molecule has 2 aromatic rings. The smallest absolute Gasteiger partial charge is 0.278 e. The molecule has 180 valence electrons. The van der Waals surface area contributed by atoms with Crippen molar-refractivity contribution in [1.29, 1.82) is 0 Å². The van der Waals surface area contributed by atoms with E-state index in [1.54, 1.807) is 30.5 Å². The number of hydrogen-bond acceptors (Lipinski definition) is 7. The molecule has 0 aliphatic carbocycles. The third kappa shape index (κ3) is 5.46. The van der Waals surface area contributed by atoms with Crippen LogP contribution in [0.5, 0.6) is 0 Å². The van der Waals surface area contributed by atoms with Gasteiger partial charge < -0.3 is 19.4 Å². The van der Waals surface area contributed by atoms with Gasteiger partial charge in [-0.15, -0.1) is 0 Å². The zero-order chi connectivity index (χ0) is 24.7. The van der Waals surface area contributed by atoms with Crippen LogP contribution < -0.4 is 10.8 Å². The number of benzene rings is 1. The second-order valence-corrected chi connectivity index (χ2v) is 7.97. The number of ether oxygens (including phenoxy) is 1. The number of nitrogens with one attached hydrogen (secondary N) is 2. The molecule has 2 heterocycles. The van der Waals surface area contributed by atoms with E-state index in [0.717, 1.165) is 42.5 Å². The highest BCUT2D eigenvalue weighted by Gasteiger charge is 2.47. The Bertz CT molecular complexity index is 1080. The largest absolute Gasteiger partial charge is 0.467 e. The Morgan fingerprint density at radius 1 is 1.12 bits per heavy atom. The molecule has 1 saturated heterocycles. The number of carbonyl (C=O) groups is 3. The van der Waals surface area contributed by atoms with Gasteiger partial charge in [0, 0.05) is 38.3 Å².